The lowest BCUT2D eigenvalue weighted by molar-refractivity contribution is 0.326. The zero-order valence-corrected chi connectivity index (χ0v) is 16.1. The first-order valence-corrected chi connectivity index (χ1v) is 7.62. The van der Waals surface area contributed by atoms with E-state index < -0.39 is 0 Å². The number of methoxy groups -OCH3 is 1. The SMILES string of the molecule is C=CCOc1c(Cl)cc(CNCCCNCC)cc1OC.Cl.Cl. The summed E-state index contributed by atoms with van der Waals surface area (Å²) in [7, 11) is 1.61. The highest BCUT2D eigenvalue weighted by Gasteiger charge is 2.11. The van der Waals surface area contributed by atoms with Gasteiger partial charge in [-0.3, -0.25) is 0 Å². The molecule has 0 spiro atoms. The topological polar surface area (TPSA) is 42.5 Å². The molecule has 0 atom stereocenters. The number of halogens is 3. The molecular formula is C16H27Cl3N2O2. The summed E-state index contributed by atoms with van der Waals surface area (Å²) in [5, 5.41) is 7.24. The molecular weight excluding hydrogens is 359 g/mol. The van der Waals surface area contributed by atoms with Gasteiger partial charge in [0.15, 0.2) is 11.5 Å². The number of rotatable bonds is 11. The van der Waals surface area contributed by atoms with E-state index in [9.17, 15) is 0 Å². The van der Waals surface area contributed by atoms with Gasteiger partial charge in [-0.2, -0.15) is 0 Å². The second-order valence-corrected chi connectivity index (χ2v) is 5.00. The lowest BCUT2D eigenvalue weighted by Gasteiger charge is -2.13. The molecule has 0 saturated heterocycles. The van der Waals surface area contributed by atoms with E-state index in [1.54, 1.807) is 13.2 Å². The number of hydrogen-bond acceptors (Lipinski definition) is 4. The fraction of sp³-hybridized carbons (Fsp3) is 0.500. The summed E-state index contributed by atoms with van der Waals surface area (Å²) in [4.78, 5) is 0. The van der Waals surface area contributed by atoms with Crippen LogP contribution >= 0.6 is 36.4 Å². The second-order valence-electron chi connectivity index (χ2n) is 4.59. The van der Waals surface area contributed by atoms with Gasteiger partial charge in [0, 0.05) is 6.54 Å². The van der Waals surface area contributed by atoms with Gasteiger partial charge in [0.2, 0.25) is 0 Å². The fourth-order valence-corrected chi connectivity index (χ4v) is 2.19. The number of ether oxygens (including phenoxy) is 2. The maximum atomic E-state index is 6.25. The minimum absolute atomic E-state index is 0. The lowest BCUT2D eigenvalue weighted by atomic mass is 10.2. The third-order valence-corrected chi connectivity index (χ3v) is 3.20. The molecule has 0 bridgehead atoms. The summed E-state index contributed by atoms with van der Waals surface area (Å²) in [5.74, 6) is 1.21. The molecule has 0 radical (unpaired) electrons. The van der Waals surface area contributed by atoms with E-state index in [1.165, 1.54) is 0 Å². The standard InChI is InChI=1S/C16H25ClN2O2.2ClH/c1-4-9-21-16-14(17)10-13(11-15(16)20-3)12-19-8-6-7-18-5-2;;/h4,10-11,18-19H,1,5-9,12H2,2-3H3;2*1H. The quantitative estimate of drug-likeness (QED) is 0.448. The molecule has 0 aliphatic rings. The highest BCUT2D eigenvalue weighted by Crippen LogP contribution is 2.36. The van der Waals surface area contributed by atoms with Crippen LogP contribution in [0.25, 0.3) is 0 Å². The largest absolute Gasteiger partial charge is 0.493 e. The maximum Gasteiger partial charge on any atom is 0.180 e. The number of nitrogens with one attached hydrogen (secondary N) is 2. The third-order valence-electron chi connectivity index (χ3n) is 2.92. The molecule has 0 fully saturated rings. The van der Waals surface area contributed by atoms with Crippen LogP contribution in [0, 0.1) is 0 Å². The zero-order valence-electron chi connectivity index (χ0n) is 13.7. The molecule has 0 unspecified atom stereocenters. The van der Waals surface area contributed by atoms with Crippen molar-refractivity contribution in [1.82, 2.24) is 10.6 Å². The molecule has 0 aromatic heterocycles. The average Bonchev–Trinajstić information content (AvgIpc) is 2.49. The molecule has 7 heteroatoms. The van der Waals surface area contributed by atoms with Crippen molar-refractivity contribution >= 4 is 36.4 Å². The van der Waals surface area contributed by atoms with Gasteiger partial charge in [0.25, 0.3) is 0 Å². The molecule has 1 rings (SSSR count). The molecule has 1 aromatic rings. The molecule has 0 saturated carbocycles. The minimum Gasteiger partial charge on any atom is -0.493 e. The van der Waals surface area contributed by atoms with Crippen LogP contribution in [0.1, 0.15) is 18.9 Å². The Kier molecular flexibility index (Phi) is 15.9. The molecule has 0 heterocycles. The Hall–Kier alpha value is -0.650. The molecule has 134 valence electrons. The Morgan fingerprint density at radius 1 is 1.22 bits per heavy atom. The van der Waals surface area contributed by atoms with Crippen molar-refractivity contribution in [2.45, 2.75) is 19.9 Å². The van der Waals surface area contributed by atoms with E-state index in [0.29, 0.717) is 23.1 Å². The molecule has 0 amide bonds. The Labute approximate surface area is 156 Å². The smallest absolute Gasteiger partial charge is 0.180 e. The van der Waals surface area contributed by atoms with Crippen molar-refractivity contribution in [3.63, 3.8) is 0 Å². The van der Waals surface area contributed by atoms with Gasteiger partial charge in [0.05, 0.1) is 12.1 Å². The predicted molar refractivity (Wildman–Crippen MR) is 103 cm³/mol. The van der Waals surface area contributed by atoms with Gasteiger partial charge in [0.1, 0.15) is 6.61 Å². The van der Waals surface area contributed by atoms with Crippen molar-refractivity contribution in [3.8, 4) is 11.5 Å². The maximum absolute atomic E-state index is 6.25. The first-order chi connectivity index (χ1) is 10.2. The van der Waals surface area contributed by atoms with Crippen LogP contribution in [0.4, 0.5) is 0 Å². The normalized spacial score (nSPS) is 9.52. The Morgan fingerprint density at radius 2 is 1.91 bits per heavy atom. The van der Waals surface area contributed by atoms with Gasteiger partial charge < -0.3 is 20.1 Å². The highest BCUT2D eigenvalue weighted by molar-refractivity contribution is 6.32. The van der Waals surface area contributed by atoms with E-state index in [2.05, 4.69) is 24.1 Å². The summed E-state index contributed by atoms with van der Waals surface area (Å²) in [5.41, 5.74) is 1.08. The predicted octanol–water partition coefficient (Wildman–Crippen LogP) is 3.85. The number of hydrogen-bond donors (Lipinski definition) is 2. The molecule has 4 nitrogen and oxygen atoms in total. The first-order valence-electron chi connectivity index (χ1n) is 7.24. The molecule has 1 aromatic carbocycles. The van der Waals surface area contributed by atoms with Crippen molar-refractivity contribution in [1.29, 1.82) is 0 Å². The Morgan fingerprint density at radius 3 is 2.52 bits per heavy atom. The fourth-order valence-electron chi connectivity index (χ4n) is 1.91. The summed E-state index contributed by atoms with van der Waals surface area (Å²) >= 11 is 6.25. The van der Waals surface area contributed by atoms with Crippen molar-refractivity contribution in [2.75, 3.05) is 33.4 Å². The lowest BCUT2D eigenvalue weighted by Crippen LogP contribution is -2.21. The Bertz CT molecular complexity index is 446. The summed E-state index contributed by atoms with van der Waals surface area (Å²) in [6.07, 6.45) is 2.77. The van der Waals surface area contributed by atoms with Gasteiger partial charge in [-0.05, 0) is 43.8 Å². The van der Waals surface area contributed by atoms with Crippen LogP contribution in [0.15, 0.2) is 24.8 Å². The van der Waals surface area contributed by atoms with E-state index >= 15 is 0 Å². The second kappa shape index (κ2) is 14.9. The minimum atomic E-state index is 0. The zero-order chi connectivity index (χ0) is 15.5. The van der Waals surface area contributed by atoms with E-state index in [4.69, 9.17) is 21.1 Å². The van der Waals surface area contributed by atoms with Crippen LogP contribution in [-0.2, 0) is 6.54 Å². The summed E-state index contributed by atoms with van der Waals surface area (Å²) in [6.45, 7) is 9.89. The highest BCUT2D eigenvalue weighted by atomic mass is 35.5. The van der Waals surface area contributed by atoms with Gasteiger partial charge in [-0.25, -0.2) is 0 Å². The van der Waals surface area contributed by atoms with Crippen LogP contribution < -0.4 is 20.1 Å². The summed E-state index contributed by atoms with van der Waals surface area (Å²) < 4.78 is 10.9. The average molecular weight is 386 g/mol. The number of benzene rings is 1. The van der Waals surface area contributed by atoms with Gasteiger partial charge >= 0.3 is 0 Å². The van der Waals surface area contributed by atoms with E-state index in [0.717, 1.165) is 38.2 Å². The first kappa shape index (κ1) is 24.6. The van der Waals surface area contributed by atoms with Crippen molar-refractivity contribution in [3.05, 3.63) is 35.4 Å². The third kappa shape index (κ3) is 9.28. The van der Waals surface area contributed by atoms with Crippen LogP contribution in [0.2, 0.25) is 5.02 Å². The van der Waals surface area contributed by atoms with Gasteiger partial charge in [-0.15, -0.1) is 24.8 Å². The molecule has 2 N–H and O–H groups in total. The van der Waals surface area contributed by atoms with Crippen molar-refractivity contribution in [2.24, 2.45) is 0 Å². The monoisotopic (exact) mass is 384 g/mol. The van der Waals surface area contributed by atoms with Crippen LogP contribution in [0.5, 0.6) is 11.5 Å². The van der Waals surface area contributed by atoms with Crippen LogP contribution in [-0.4, -0.2) is 33.4 Å². The van der Waals surface area contributed by atoms with Crippen LogP contribution in [0.3, 0.4) is 0 Å². The molecule has 0 aliphatic carbocycles. The van der Waals surface area contributed by atoms with E-state index in [-0.39, 0.29) is 24.8 Å². The molecule has 0 aliphatic heterocycles. The molecule has 23 heavy (non-hydrogen) atoms. The Balaban J connectivity index is 0. The van der Waals surface area contributed by atoms with Gasteiger partial charge in [-0.1, -0.05) is 31.2 Å². The van der Waals surface area contributed by atoms with Crippen molar-refractivity contribution < 1.29 is 9.47 Å². The summed E-state index contributed by atoms with van der Waals surface area (Å²) in [6, 6.07) is 3.85. The van der Waals surface area contributed by atoms with E-state index in [1.807, 2.05) is 12.1 Å².